The molecule has 0 spiro atoms. The van der Waals surface area contributed by atoms with E-state index in [1.807, 2.05) is 0 Å². The number of fused-ring (bicyclic) bond motifs is 3. The summed E-state index contributed by atoms with van der Waals surface area (Å²) in [4.78, 5) is 0. The van der Waals surface area contributed by atoms with Crippen molar-refractivity contribution in [1.29, 1.82) is 0 Å². The van der Waals surface area contributed by atoms with Crippen LogP contribution in [-0.2, 0) is 0 Å². The molecule has 1 aliphatic heterocycles. The van der Waals surface area contributed by atoms with Crippen LogP contribution in [-0.4, -0.2) is 5.71 Å². The minimum absolute atomic E-state index is 0.0996. The number of aryl methyl sites for hydroxylation is 1. The van der Waals surface area contributed by atoms with Gasteiger partial charge in [0.2, 0.25) is 17.1 Å². The predicted molar refractivity (Wildman–Crippen MR) is 161 cm³/mol. The van der Waals surface area contributed by atoms with Gasteiger partial charge in [-0.25, -0.2) is 0 Å². The highest BCUT2D eigenvalue weighted by molar-refractivity contribution is 6.18. The highest BCUT2D eigenvalue weighted by Gasteiger charge is 2.43. The lowest BCUT2D eigenvalue weighted by molar-refractivity contribution is 1.09. The molecule has 0 saturated carbocycles. The van der Waals surface area contributed by atoms with Crippen molar-refractivity contribution >= 4 is 27.9 Å². The highest BCUT2D eigenvalue weighted by atomic mass is 15.1. The van der Waals surface area contributed by atoms with Crippen LogP contribution in [0.25, 0.3) is 21.9 Å². The Morgan fingerprint density at radius 1 is 0.526 bits per heavy atom. The molecule has 1 aliphatic rings. The summed E-state index contributed by atoms with van der Waals surface area (Å²) in [6.07, 6.45) is 0. The lowest BCUT2D eigenvalue weighted by Gasteiger charge is -2.14. The number of benzene rings is 6. The maximum Gasteiger partial charge on any atom is 0.223 e. The molecular formula is C37H28N+. The molecule has 0 radical (unpaired) electrons. The van der Waals surface area contributed by atoms with Crippen molar-refractivity contribution in [2.24, 2.45) is 0 Å². The zero-order valence-electron chi connectivity index (χ0n) is 21.4. The number of rotatable bonds is 4. The fraction of sp³-hybridized carbons (Fsp3) is 0.0541. The number of para-hydroxylation sites is 1. The van der Waals surface area contributed by atoms with E-state index in [4.69, 9.17) is 0 Å². The maximum atomic E-state index is 2.50. The van der Waals surface area contributed by atoms with Gasteiger partial charge >= 0.3 is 0 Å². The van der Waals surface area contributed by atoms with Gasteiger partial charge in [-0.05, 0) is 53.3 Å². The molecule has 1 nitrogen and oxygen atoms in total. The second-order valence-electron chi connectivity index (χ2n) is 10.0. The Kier molecular flexibility index (Phi) is 5.48. The first kappa shape index (κ1) is 22.4. The van der Waals surface area contributed by atoms with Gasteiger partial charge in [0, 0.05) is 23.3 Å². The normalized spacial score (nSPS) is 14.6. The SMILES string of the molecule is Cc1ccc(-c2cc3c(c4ccccc24)[N+](c2ccccc2)=C(c2ccccc2)C3c2ccccc2)cc1. The Hall–Kier alpha value is -4.75. The standard InChI is InChI=1S/C37H28N/c1-26-21-23-27(24-22-26)33-25-34-35(28-13-5-2-6-14-28)36(29-15-7-3-8-16-29)38(30-17-9-4-10-18-30)37(34)32-20-12-11-19-31(32)33/h2-25,35H,1H3/q+1. The first-order valence-corrected chi connectivity index (χ1v) is 13.2. The van der Waals surface area contributed by atoms with E-state index in [1.54, 1.807) is 0 Å². The summed E-state index contributed by atoms with van der Waals surface area (Å²) in [7, 11) is 0. The van der Waals surface area contributed by atoms with Crippen molar-refractivity contribution in [2.75, 3.05) is 0 Å². The van der Waals surface area contributed by atoms with Crippen LogP contribution in [0.15, 0.2) is 146 Å². The molecule has 0 bridgehead atoms. The van der Waals surface area contributed by atoms with E-state index in [2.05, 4.69) is 157 Å². The summed E-state index contributed by atoms with van der Waals surface area (Å²) >= 11 is 0. The summed E-state index contributed by atoms with van der Waals surface area (Å²) in [5, 5.41) is 2.55. The zero-order valence-corrected chi connectivity index (χ0v) is 21.4. The summed E-state index contributed by atoms with van der Waals surface area (Å²) in [5.74, 6) is 0.0996. The minimum atomic E-state index is 0.0996. The zero-order chi connectivity index (χ0) is 25.5. The molecule has 0 aromatic heterocycles. The highest BCUT2D eigenvalue weighted by Crippen LogP contribution is 2.49. The van der Waals surface area contributed by atoms with Crippen molar-refractivity contribution in [3.63, 3.8) is 0 Å². The van der Waals surface area contributed by atoms with Gasteiger partial charge in [-0.2, -0.15) is 4.58 Å². The predicted octanol–water partition coefficient (Wildman–Crippen LogP) is 9.28. The number of hydrogen-bond donors (Lipinski definition) is 0. The minimum Gasteiger partial charge on any atom is -0.155 e. The van der Waals surface area contributed by atoms with E-state index in [0.717, 1.165) is 0 Å². The third-order valence-electron chi connectivity index (χ3n) is 7.67. The molecule has 6 aromatic carbocycles. The van der Waals surface area contributed by atoms with Crippen LogP contribution >= 0.6 is 0 Å². The van der Waals surface area contributed by atoms with Gasteiger partial charge in [0.25, 0.3) is 0 Å². The Morgan fingerprint density at radius 3 is 1.79 bits per heavy atom. The Bertz CT molecular complexity index is 1780. The van der Waals surface area contributed by atoms with Crippen LogP contribution in [0.1, 0.15) is 28.2 Å². The summed E-state index contributed by atoms with van der Waals surface area (Å²) in [6.45, 7) is 2.15. The first-order chi connectivity index (χ1) is 18.8. The lowest BCUT2D eigenvalue weighted by Crippen LogP contribution is -2.19. The van der Waals surface area contributed by atoms with Crippen LogP contribution in [0.3, 0.4) is 0 Å². The van der Waals surface area contributed by atoms with Gasteiger partial charge in [0.15, 0.2) is 0 Å². The van der Waals surface area contributed by atoms with Crippen LogP contribution in [0.5, 0.6) is 0 Å². The smallest absolute Gasteiger partial charge is 0.155 e. The largest absolute Gasteiger partial charge is 0.223 e. The summed E-state index contributed by atoms with van der Waals surface area (Å²) < 4.78 is 2.50. The van der Waals surface area contributed by atoms with E-state index in [-0.39, 0.29) is 5.92 Å². The van der Waals surface area contributed by atoms with E-state index >= 15 is 0 Å². The molecular weight excluding hydrogens is 458 g/mol. The second kappa shape index (κ2) is 9.28. The summed E-state index contributed by atoms with van der Waals surface area (Å²) in [6, 6.07) is 52.9. The van der Waals surface area contributed by atoms with Crippen LogP contribution in [0.2, 0.25) is 0 Å². The van der Waals surface area contributed by atoms with Crippen LogP contribution in [0, 0.1) is 6.92 Å². The lowest BCUT2D eigenvalue weighted by atomic mass is 9.83. The Morgan fingerprint density at radius 2 is 1.11 bits per heavy atom. The summed E-state index contributed by atoms with van der Waals surface area (Å²) in [5.41, 5.74) is 11.4. The van der Waals surface area contributed by atoms with Gasteiger partial charge in [0.05, 0.1) is 5.39 Å². The maximum absolute atomic E-state index is 2.50. The van der Waals surface area contributed by atoms with E-state index in [1.165, 1.54) is 61.2 Å². The van der Waals surface area contributed by atoms with Crippen LogP contribution in [0.4, 0.5) is 11.4 Å². The van der Waals surface area contributed by atoms with Gasteiger partial charge in [-0.1, -0.05) is 115 Å². The number of nitrogens with zero attached hydrogens (tertiary/aromatic N) is 1. The Balaban J connectivity index is 1.64. The molecule has 0 fully saturated rings. The van der Waals surface area contributed by atoms with E-state index in [9.17, 15) is 0 Å². The van der Waals surface area contributed by atoms with Gasteiger partial charge in [-0.3, -0.25) is 0 Å². The quantitative estimate of drug-likeness (QED) is 0.218. The van der Waals surface area contributed by atoms with Crippen LogP contribution < -0.4 is 4.58 Å². The molecule has 180 valence electrons. The fourth-order valence-corrected chi connectivity index (χ4v) is 5.95. The number of hydrogen-bond acceptors (Lipinski definition) is 0. The van der Waals surface area contributed by atoms with E-state index < -0.39 is 0 Å². The van der Waals surface area contributed by atoms with Crippen molar-refractivity contribution in [2.45, 2.75) is 12.8 Å². The molecule has 38 heavy (non-hydrogen) atoms. The molecule has 1 unspecified atom stereocenters. The molecule has 0 saturated heterocycles. The van der Waals surface area contributed by atoms with Crippen molar-refractivity contribution in [3.8, 4) is 11.1 Å². The molecule has 1 atom stereocenters. The molecule has 1 heteroatoms. The Labute approximate surface area is 224 Å². The van der Waals surface area contributed by atoms with Gasteiger partial charge in [-0.15, -0.1) is 0 Å². The monoisotopic (exact) mass is 486 g/mol. The molecule has 0 amide bonds. The van der Waals surface area contributed by atoms with E-state index in [0.29, 0.717) is 0 Å². The fourth-order valence-electron chi connectivity index (χ4n) is 5.95. The van der Waals surface area contributed by atoms with Crippen molar-refractivity contribution in [1.82, 2.24) is 4.58 Å². The van der Waals surface area contributed by atoms with Crippen molar-refractivity contribution < 1.29 is 0 Å². The molecule has 6 aromatic rings. The topological polar surface area (TPSA) is 3.01 Å². The molecule has 1 heterocycles. The average molecular weight is 487 g/mol. The van der Waals surface area contributed by atoms with Gasteiger partial charge in [0.1, 0.15) is 5.92 Å². The second-order valence-corrected chi connectivity index (χ2v) is 10.0. The molecule has 7 rings (SSSR count). The first-order valence-electron chi connectivity index (χ1n) is 13.2. The van der Waals surface area contributed by atoms with Gasteiger partial charge < -0.3 is 0 Å². The molecule has 0 aliphatic carbocycles. The third-order valence-corrected chi connectivity index (χ3v) is 7.67. The third kappa shape index (κ3) is 3.67. The van der Waals surface area contributed by atoms with Crippen molar-refractivity contribution in [3.05, 3.63) is 168 Å². The average Bonchev–Trinajstić information content (AvgIpc) is 3.34. The molecule has 0 N–H and O–H groups in total.